The Morgan fingerprint density at radius 1 is 1.22 bits per heavy atom. The molecule has 0 aliphatic rings. The molecule has 0 saturated carbocycles. The molecule has 18 heavy (non-hydrogen) atoms. The Kier molecular flexibility index (Phi) is 5.22. The Morgan fingerprint density at radius 2 is 1.83 bits per heavy atom. The van der Waals surface area contributed by atoms with Crippen molar-refractivity contribution in [3.63, 3.8) is 0 Å². The molecule has 0 fully saturated rings. The lowest BCUT2D eigenvalue weighted by molar-refractivity contribution is -0.127. The van der Waals surface area contributed by atoms with Crippen molar-refractivity contribution in [1.29, 1.82) is 0 Å². The van der Waals surface area contributed by atoms with E-state index in [1.807, 2.05) is 19.9 Å². The minimum atomic E-state index is -4.15. The van der Waals surface area contributed by atoms with Gasteiger partial charge in [0.25, 0.3) is 0 Å². The predicted molar refractivity (Wildman–Crippen MR) is 75.4 cm³/mol. The summed E-state index contributed by atoms with van der Waals surface area (Å²) in [6.07, 6.45) is -5.00. The number of rotatable bonds is 1. The number of hydrogen-bond acceptors (Lipinski definition) is 1. The van der Waals surface area contributed by atoms with E-state index < -0.39 is 12.6 Å². The van der Waals surface area contributed by atoms with Gasteiger partial charge in [-0.3, -0.25) is 0 Å². The fourth-order valence-electron chi connectivity index (χ4n) is 1.67. The van der Waals surface area contributed by atoms with E-state index in [0.717, 1.165) is 14.0 Å². The zero-order valence-electron chi connectivity index (χ0n) is 10.4. The maximum atomic E-state index is 12.4. The molecule has 1 heterocycles. The van der Waals surface area contributed by atoms with Crippen molar-refractivity contribution in [2.45, 2.75) is 33.4 Å². The van der Waals surface area contributed by atoms with Crippen LogP contribution in [0.4, 0.5) is 13.2 Å². The maximum absolute atomic E-state index is 12.4. The number of fused-ring (bicyclic) bond motifs is 1. The molecule has 0 aliphatic carbocycles. The molecular formula is C13H14BrF3S. The molecule has 0 unspecified atom stereocenters. The first-order valence-electron chi connectivity index (χ1n) is 5.62. The van der Waals surface area contributed by atoms with Crippen LogP contribution < -0.4 is 0 Å². The smallest absolute Gasteiger partial charge is 0.171 e. The van der Waals surface area contributed by atoms with E-state index in [4.69, 9.17) is 0 Å². The average molecular weight is 339 g/mol. The van der Waals surface area contributed by atoms with Crippen LogP contribution in [0.2, 0.25) is 0 Å². The van der Waals surface area contributed by atoms with Crippen molar-refractivity contribution in [1.82, 2.24) is 0 Å². The van der Waals surface area contributed by atoms with Crippen LogP contribution in [0.1, 0.15) is 24.3 Å². The third-order valence-electron chi connectivity index (χ3n) is 2.35. The molecule has 0 N–H and O–H groups in total. The lowest BCUT2D eigenvalue weighted by Crippen LogP contribution is -2.11. The van der Waals surface area contributed by atoms with Crippen molar-refractivity contribution in [3.05, 3.63) is 33.1 Å². The van der Waals surface area contributed by atoms with Gasteiger partial charge in [0.05, 0.1) is 6.42 Å². The van der Waals surface area contributed by atoms with Crippen LogP contribution in [0.15, 0.2) is 22.7 Å². The highest BCUT2D eigenvalue weighted by atomic mass is 79.9. The van der Waals surface area contributed by atoms with Crippen LogP contribution in [0.3, 0.4) is 0 Å². The van der Waals surface area contributed by atoms with E-state index >= 15 is 0 Å². The standard InChI is InChI=1S/C11H8BrF3S.C2H6/c1-6-8(5-11(13,14)15)7-3-2-4-9(12)10(7)16-6;1-2/h2-4H,5H2,1H3;1-2H3. The number of thiophene rings is 1. The topological polar surface area (TPSA) is 0 Å². The Balaban J connectivity index is 0.000000771. The number of alkyl halides is 3. The fourth-order valence-corrected chi connectivity index (χ4v) is 3.36. The second-order valence-corrected chi connectivity index (χ2v) is 5.62. The van der Waals surface area contributed by atoms with E-state index in [0.29, 0.717) is 10.9 Å². The first-order valence-corrected chi connectivity index (χ1v) is 7.22. The monoisotopic (exact) mass is 338 g/mol. The molecule has 1 aromatic heterocycles. The second-order valence-electron chi connectivity index (χ2n) is 3.55. The van der Waals surface area contributed by atoms with Crippen molar-refractivity contribution >= 4 is 37.4 Å². The van der Waals surface area contributed by atoms with Gasteiger partial charge in [-0.05, 0) is 39.9 Å². The van der Waals surface area contributed by atoms with Gasteiger partial charge in [-0.2, -0.15) is 13.2 Å². The van der Waals surface area contributed by atoms with Crippen LogP contribution in [0, 0.1) is 6.92 Å². The Bertz CT molecular complexity index is 529. The molecule has 0 bridgehead atoms. The van der Waals surface area contributed by atoms with Gasteiger partial charge in [0.1, 0.15) is 0 Å². The zero-order chi connectivity index (χ0) is 13.9. The summed E-state index contributed by atoms with van der Waals surface area (Å²) in [5.41, 5.74) is 0.397. The van der Waals surface area contributed by atoms with Crippen LogP contribution in [0.5, 0.6) is 0 Å². The summed E-state index contributed by atoms with van der Waals surface area (Å²) in [7, 11) is 0. The van der Waals surface area contributed by atoms with Crippen LogP contribution >= 0.6 is 27.3 Å². The third-order valence-corrected chi connectivity index (χ3v) is 4.47. The number of aryl methyl sites for hydroxylation is 1. The van der Waals surface area contributed by atoms with E-state index in [1.54, 1.807) is 19.1 Å². The zero-order valence-corrected chi connectivity index (χ0v) is 12.8. The summed E-state index contributed by atoms with van der Waals surface area (Å²) in [6, 6.07) is 5.35. The highest BCUT2D eigenvalue weighted by Crippen LogP contribution is 2.38. The van der Waals surface area contributed by atoms with E-state index in [9.17, 15) is 13.2 Å². The van der Waals surface area contributed by atoms with E-state index in [2.05, 4.69) is 15.9 Å². The molecule has 2 aromatic rings. The Labute approximate surface area is 117 Å². The van der Waals surface area contributed by atoms with Crippen molar-refractivity contribution in [2.75, 3.05) is 0 Å². The molecule has 0 saturated heterocycles. The minimum absolute atomic E-state index is 0.397. The molecule has 100 valence electrons. The SMILES string of the molecule is CC.Cc1sc2c(Br)cccc2c1CC(F)(F)F. The highest BCUT2D eigenvalue weighted by molar-refractivity contribution is 9.10. The quantitative estimate of drug-likeness (QED) is 0.589. The lowest BCUT2D eigenvalue weighted by atomic mass is 10.1. The van der Waals surface area contributed by atoms with E-state index in [1.165, 1.54) is 11.3 Å². The third kappa shape index (κ3) is 3.48. The largest absolute Gasteiger partial charge is 0.393 e. The van der Waals surface area contributed by atoms with Gasteiger partial charge < -0.3 is 0 Å². The molecule has 0 aliphatic heterocycles. The van der Waals surface area contributed by atoms with Gasteiger partial charge >= 0.3 is 6.18 Å². The molecule has 0 atom stereocenters. The van der Waals surface area contributed by atoms with Crippen molar-refractivity contribution < 1.29 is 13.2 Å². The van der Waals surface area contributed by atoms with E-state index in [-0.39, 0.29) is 0 Å². The van der Waals surface area contributed by atoms with Crippen LogP contribution in [-0.4, -0.2) is 6.18 Å². The molecule has 5 heteroatoms. The number of halogens is 4. The summed E-state index contributed by atoms with van der Waals surface area (Å²) in [4.78, 5) is 0.735. The summed E-state index contributed by atoms with van der Waals surface area (Å²) >= 11 is 4.75. The second kappa shape index (κ2) is 6.06. The van der Waals surface area contributed by atoms with Gasteiger partial charge in [-0.1, -0.05) is 26.0 Å². The first-order chi connectivity index (χ1) is 8.38. The Morgan fingerprint density at radius 3 is 2.39 bits per heavy atom. The van der Waals surface area contributed by atoms with Gasteiger partial charge in [-0.25, -0.2) is 0 Å². The molecule has 0 amide bonds. The average Bonchev–Trinajstić information content (AvgIpc) is 2.59. The maximum Gasteiger partial charge on any atom is 0.393 e. The van der Waals surface area contributed by atoms with Crippen LogP contribution in [0.25, 0.3) is 10.1 Å². The van der Waals surface area contributed by atoms with Gasteiger partial charge in [0.15, 0.2) is 0 Å². The number of benzene rings is 1. The molecule has 0 spiro atoms. The van der Waals surface area contributed by atoms with Gasteiger partial charge in [0.2, 0.25) is 0 Å². The summed E-state index contributed by atoms with van der Waals surface area (Å²) in [5, 5.41) is 0.703. The summed E-state index contributed by atoms with van der Waals surface area (Å²) < 4.78 is 39.0. The fraction of sp³-hybridized carbons (Fsp3) is 0.385. The van der Waals surface area contributed by atoms with Crippen molar-refractivity contribution in [3.8, 4) is 0 Å². The van der Waals surface area contributed by atoms with Crippen molar-refractivity contribution in [2.24, 2.45) is 0 Å². The Hall–Kier alpha value is -0.550. The minimum Gasteiger partial charge on any atom is -0.171 e. The summed E-state index contributed by atoms with van der Waals surface area (Å²) in [5.74, 6) is 0. The molecule has 0 nitrogen and oxygen atoms in total. The highest BCUT2D eigenvalue weighted by Gasteiger charge is 2.30. The molecular weight excluding hydrogens is 325 g/mol. The lowest BCUT2D eigenvalue weighted by Gasteiger charge is -2.06. The summed E-state index contributed by atoms with van der Waals surface area (Å²) in [6.45, 7) is 5.73. The normalized spacial score (nSPS) is 11.3. The predicted octanol–water partition coefficient (Wildman–Crippen LogP) is 6.10. The molecule has 2 rings (SSSR count). The van der Waals surface area contributed by atoms with Crippen LogP contribution in [-0.2, 0) is 6.42 Å². The van der Waals surface area contributed by atoms with Gasteiger partial charge in [-0.15, -0.1) is 11.3 Å². The van der Waals surface area contributed by atoms with Gasteiger partial charge in [0, 0.05) is 14.0 Å². The molecule has 0 radical (unpaired) electrons. The molecule has 1 aromatic carbocycles. The first kappa shape index (κ1) is 15.5. The number of hydrogen-bond donors (Lipinski definition) is 0.